The van der Waals surface area contributed by atoms with Gasteiger partial charge in [0.25, 0.3) is 10.1 Å². The van der Waals surface area contributed by atoms with E-state index in [-0.39, 0.29) is 41.8 Å². The number of aryl methyl sites for hydroxylation is 1. The number of hydrogen-bond acceptors (Lipinski definition) is 17. The van der Waals surface area contributed by atoms with E-state index in [0.29, 0.717) is 31.2 Å². The number of hydrogen-bond donors (Lipinski definition) is 3. The van der Waals surface area contributed by atoms with Crippen LogP contribution in [-0.4, -0.2) is 133 Å². The van der Waals surface area contributed by atoms with E-state index in [2.05, 4.69) is 97.4 Å². The highest BCUT2D eigenvalue weighted by Crippen LogP contribution is 2.43. The minimum atomic E-state index is -4.94. The molecular weight excluding hydrogens is 1480 g/mol. The van der Waals surface area contributed by atoms with E-state index in [1.54, 1.807) is 42.1 Å². The average molecular weight is 1620 g/mol. The number of benzene rings is 6. The highest BCUT2D eigenvalue weighted by Gasteiger charge is 2.46. The van der Waals surface area contributed by atoms with Gasteiger partial charge in [-0.3, -0.25) is 23.7 Å². The van der Waals surface area contributed by atoms with Crippen molar-refractivity contribution in [3.05, 3.63) is 209 Å². The molecule has 115 heavy (non-hydrogen) atoms. The Morgan fingerprint density at radius 2 is 1.00 bits per heavy atom. The largest absolute Gasteiger partial charge is 0.396 e. The summed E-state index contributed by atoms with van der Waals surface area (Å²) in [5.74, 6) is 0. The van der Waals surface area contributed by atoms with Crippen molar-refractivity contribution in [2.24, 2.45) is 0 Å². The SMILES string of the molecule is CC.CC.CC.CC.CC.Cc1ccc(S(=O)(=O)OCCCC2CCCCN2C(C#N)c2ccccc2)cc1.N#CC(c1ccccc1)N1CCCCC1CCCO.N#CC1(c2ccccc2)CCCC2CCCCN21.O=Cc1ccccc1.OCCCC1CCCCN1.[O-][Cl+3]([O-])([O-])[O-].c1ccc(C2=[N+]3CCCCC3CCC2)cc1. The molecule has 636 valence electrons. The van der Waals surface area contributed by atoms with Gasteiger partial charge in [-0.05, 0) is 176 Å². The molecule has 6 aromatic rings. The summed E-state index contributed by atoms with van der Waals surface area (Å²) >= 11 is 0. The highest BCUT2D eigenvalue weighted by atomic mass is 35.7. The monoisotopic (exact) mass is 1620 g/mol. The Morgan fingerprint density at radius 1 is 0.548 bits per heavy atom. The first-order valence-electron chi connectivity index (χ1n) is 43.4. The quantitative estimate of drug-likeness (QED) is 0.0294. The number of nitrogens with zero attached hydrogens (tertiary/aromatic N) is 7. The third-order valence-corrected chi connectivity index (χ3v) is 22.5. The van der Waals surface area contributed by atoms with E-state index >= 15 is 0 Å². The van der Waals surface area contributed by atoms with E-state index < -0.39 is 20.4 Å². The molecule has 7 aliphatic heterocycles. The van der Waals surface area contributed by atoms with Crippen molar-refractivity contribution >= 4 is 22.1 Å². The van der Waals surface area contributed by atoms with Gasteiger partial charge in [-0.1, -0.05) is 252 Å². The van der Waals surface area contributed by atoms with Crippen LogP contribution in [0.2, 0.25) is 0 Å². The smallest absolute Gasteiger partial charge is 0.296 e. The van der Waals surface area contributed by atoms with Crippen LogP contribution in [0.25, 0.3) is 0 Å². The van der Waals surface area contributed by atoms with Crippen LogP contribution in [0.4, 0.5) is 0 Å². The molecule has 0 saturated carbocycles. The molecule has 0 spiro atoms. The molecule has 0 aliphatic carbocycles. The summed E-state index contributed by atoms with van der Waals surface area (Å²) in [6.45, 7) is 28.1. The lowest BCUT2D eigenvalue weighted by Crippen LogP contribution is -2.68. The fourth-order valence-corrected chi connectivity index (χ4v) is 16.9. The van der Waals surface area contributed by atoms with Crippen LogP contribution in [0.1, 0.15) is 293 Å². The lowest BCUT2D eigenvalue weighted by Gasteiger charge is -2.50. The first kappa shape index (κ1) is 104. The van der Waals surface area contributed by atoms with Crippen molar-refractivity contribution in [2.75, 3.05) is 52.5 Å². The molecular formula is C95H143ClN8O10S. The molecule has 0 amide bonds. The number of fused-ring (bicyclic) bond motifs is 2. The Kier molecular flexibility index (Phi) is 57.0. The number of nitrogens with one attached hydrogen (secondary N) is 1. The molecule has 0 aromatic heterocycles. The first-order chi connectivity index (χ1) is 56.1. The summed E-state index contributed by atoms with van der Waals surface area (Å²) in [6, 6.07) is 67.1. The number of aliphatic hydroxyl groups is 2. The number of piperidine rings is 6. The minimum Gasteiger partial charge on any atom is -0.396 e. The molecule has 8 atom stereocenters. The van der Waals surface area contributed by atoms with E-state index in [4.69, 9.17) is 33.0 Å². The second kappa shape index (κ2) is 63.1. The van der Waals surface area contributed by atoms with Crippen LogP contribution >= 0.6 is 0 Å². The predicted octanol–water partition coefficient (Wildman–Crippen LogP) is 16.9. The summed E-state index contributed by atoms with van der Waals surface area (Å²) in [7, 11) is -8.67. The van der Waals surface area contributed by atoms with E-state index in [9.17, 15) is 29.0 Å². The summed E-state index contributed by atoms with van der Waals surface area (Å²) < 4.78 is 66.6. The van der Waals surface area contributed by atoms with Crippen molar-refractivity contribution in [1.82, 2.24) is 20.0 Å². The first-order valence-corrected chi connectivity index (χ1v) is 46.1. The average Bonchev–Trinajstić information content (AvgIpc) is 0.758. The van der Waals surface area contributed by atoms with Gasteiger partial charge in [-0.15, -0.1) is 10.2 Å². The van der Waals surface area contributed by atoms with Crippen molar-refractivity contribution in [1.29, 1.82) is 15.8 Å². The minimum absolute atomic E-state index is 0.148. The van der Waals surface area contributed by atoms with Crippen molar-refractivity contribution in [3.63, 3.8) is 0 Å². The second-order valence-electron chi connectivity index (χ2n) is 28.3. The maximum atomic E-state index is 12.3. The zero-order chi connectivity index (χ0) is 85.0. The van der Waals surface area contributed by atoms with Crippen molar-refractivity contribution < 1.29 is 61.1 Å². The van der Waals surface area contributed by atoms with Gasteiger partial charge in [-0.25, -0.2) is 23.2 Å². The van der Waals surface area contributed by atoms with Crippen LogP contribution in [-0.2, 0) is 19.8 Å². The topological polar surface area (TPSA) is 289 Å². The Balaban J connectivity index is 0.000000467. The van der Waals surface area contributed by atoms with Crippen LogP contribution in [0.5, 0.6) is 0 Å². The van der Waals surface area contributed by atoms with Gasteiger partial charge in [0.15, 0.2) is 11.8 Å². The van der Waals surface area contributed by atoms with Gasteiger partial charge in [0.05, 0.1) is 29.7 Å². The normalized spacial score (nSPS) is 20.7. The fourth-order valence-electron chi connectivity index (χ4n) is 15.9. The van der Waals surface area contributed by atoms with Gasteiger partial charge < -0.3 is 15.5 Å². The van der Waals surface area contributed by atoms with E-state index in [1.165, 1.54) is 127 Å². The highest BCUT2D eigenvalue weighted by molar-refractivity contribution is 7.86. The fraction of sp³-hybridized carbons (Fsp3) is 0.568. The van der Waals surface area contributed by atoms with Crippen molar-refractivity contribution in [3.8, 4) is 18.2 Å². The van der Waals surface area contributed by atoms with Gasteiger partial charge in [-0.2, -0.15) is 24.2 Å². The molecule has 13 rings (SSSR count). The molecule has 8 unspecified atom stereocenters. The molecule has 3 N–H and O–H groups in total. The summed E-state index contributed by atoms with van der Waals surface area (Å²) in [6.07, 6.45) is 32.6. The lowest BCUT2D eigenvalue weighted by molar-refractivity contribution is -2.00. The van der Waals surface area contributed by atoms with Crippen LogP contribution < -0.4 is 24.0 Å². The van der Waals surface area contributed by atoms with E-state index in [1.807, 2.05) is 161 Å². The number of carbonyl (C=O) groups excluding carboxylic acids is 1. The van der Waals surface area contributed by atoms with Crippen LogP contribution in [0.15, 0.2) is 181 Å². The molecule has 0 bridgehead atoms. The zero-order valence-electron chi connectivity index (χ0n) is 71.7. The Hall–Kier alpha value is -7.07. The standard InChI is InChI=1S/C23H28N2O3S.C16H22N2O.C16H20N2.C15H20N.C8H17NO.C7H6O.5C2H6.ClHO4/c1-19-12-14-22(15-13-19)29(26,27)28-17-7-11-21-10-5-6-16-25(21)23(18-24)20-8-3-2-4-9-20;17-13-16(14-7-2-1-3-8-14)18-11-5-4-9-15(18)10-6-12-19;17-13-16(14-7-2-1-3-8-14)11-6-10-15-9-4-5-12-18(15)16;1-2-7-13(8-3-1)15-11-6-10-14-9-4-5-12-16(14)15;10-7-3-5-8-4-1-2-6-9-8;8-6-7-4-2-1-3-5-7;5*1-2;2-1(3,4)5/h2-4,8-9,12-15,21,23H,5-7,10-11,16-17H2,1H3;1-3,7-8,15-16,19H,4-6,9-12H2;1-3,7-8,15H,4-6,9-12H2;1-3,7-8,14H,4-6,9-12H2;8-10H,1-7H2;1-6H;5*1-2H3;(H,2,3,4,5)/q;;;+1;;;;;;;;/p-1. The molecule has 6 saturated heterocycles. The maximum Gasteiger partial charge on any atom is 0.296 e. The van der Waals surface area contributed by atoms with Gasteiger partial charge >= 0.3 is 0 Å². The number of carbonyl (C=O) groups is 1. The summed E-state index contributed by atoms with van der Waals surface area (Å²) in [4.78, 5) is 17.3. The number of aldehydes is 1. The summed E-state index contributed by atoms with van der Waals surface area (Å²) in [5, 5.41) is 50.2. The molecule has 6 aromatic carbocycles. The van der Waals surface area contributed by atoms with Gasteiger partial charge in [0.2, 0.25) is 0 Å². The molecule has 6 fully saturated rings. The Morgan fingerprint density at radius 3 is 1.49 bits per heavy atom. The number of halogens is 1. The lowest BCUT2D eigenvalue weighted by atomic mass is 9.76. The Labute approximate surface area is 697 Å². The van der Waals surface area contributed by atoms with Crippen LogP contribution in [0.3, 0.4) is 0 Å². The van der Waals surface area contributed by atoms with Crippen LogP contribution in [0, 0.1) is 51.2 Å². The molecule has 7 aliphatic rings. The maximum absolute atomic E-state index is 12.3. The second-order valence-corrected chi connectivity index (χ2v) is 30.7. The van der Waals surface area contributed by atoms with Gasteiger partial charge in [0, 0.05) is 93.8 Å². The molecule has 0 radical (unpaired) electrons. The van der Waals surface area contributed by atoms with Gasteiger partial charge in [0.1, 0.15) is 30.5 Å². The number of aliphatic hydroxyl groups excluding tert-OH is 2. The third kappa shape index (κ3) is 38.5. The predicted molar refractivity (Wildman–Crippen MR) is 458 cm³/mol. The number of likely N-dealkylation sites (tertiary alicyclic amines) is 2. The molecule has 20 heteroatoms. The number of rotatable bonds is 19. The molecule has 7 heterocycles. The number of nitriles is 3. The molecule has 18 nitrogen and oxygen atoms in total. The zero-order valence-corrected chi connectivity index (χ0v) is 73.3. The van der Waals surface area contributed by atoms with Crippen molar-refractivity contribution in [2.45, 2.75) is 302 Å². The van der Waals surface area contributed by atoms with E-state index in [0.717, 1.165) is 118 Å². The summed E-state index contributed by atoms with van der Waals surface area (Å²) in [5.41, 5.74) is 7.73. The Bertz CT molecular complexity index is 3660. The third-order valence-electron chi connectivity index (χ3n) is 21.1.